The summed E-state index contributed by atoms with van der Waals surface area (Å²) >= 11 is 0. The van der Waals surface area contributed by atoms with Gasteiger partial charge in [0.1, 0.15) is 11.6 Å². The number of hydrogen-bond donors (Lipinski definition) is 2. The summed E-state index contributed by atoms with van der Waals surface area (Å²) in [6, 6.07) is 2.75. The molecule has 0 radical (unpaired) electrons. The predicted octanol–water partition coefficient (Wildman–Crippen LogP) is 2.49. The minimum absolute atomic E-state index is 0.271. The molecule has 1 amide bonds. The maximum Gasteiger partial charge on any atom is 0.254 e. The van der Waals surface area contributed by atoms with E-state index >= 15 is 0 Å². The molecular weight excluding hydrogens is 252 g/mol. The first kappa shape index (κ1) is 15.6. The van der Waals surface area contributed by atoms with E-state index in [-0.39, 0.29) is 17.5 Å². The maximum atomic E-state index is 13.4. The van der Waals surface area contributed by atoms with Crippen molar-refractivity contribution in [1.82, 2.24) is 5.32 Å². The van der Waals surface area contributed by atoms with Crippen LogP contribution in [-0.2, 0) is 0 Å². The normalized spacial score (nSPS) is 13.2. The molecule has 0 fully saturated rings. The summed E-state index contributed by atoms with van der Waals surface area (Å²) in [6.07, 6.45) is 0.0108. The Bertz CT molecular complexity index is 459. The van der Waals surface area contributed by atoms with Crippen LogP contribution in [0.3, 0.4) is 0 Å². The Balaban J connectivity index is 2.68. The third-order valence-corrected chi connectivity index (χ3v) is 2.75. The lowest BCUT2D eigenvalue weighted by Gasteiger charge is -2.26. The summed E-state index contributed by atoms with van der Waals surface area (Å²) in [5, 5.41) is 11.9. The van der Waals surface area contributed by atoms with E-state index in [2.05, 4.69) is 5.32 Å². The van der Waals surface area contributed by atoms with Crippen LogP contribution in [0.4, 0.5) is 8.78 Å². The van der Waals surface area contributed by atoms with Crippen molar-refractivity contribution in [3.8, 4) is 0 Å². The molecular formula is C14H19F2NO2. The van der Waals surface area contributed by atoms with Gasteiger partial charge in [-0.15, -0.1) is 0 Å². The van der Waals surface area contributed by atoms with Crippen LogP contribution in [0, 0.1) is 17.0 Å². The molecule has 0 aromatic heterocycles. The third-order valence-electron chi connectivity index (χ3n) is 2.75. The SMILES string of the molecule is CC(O)CC(C)(C)CNC(=O)c1cc(F)ccc1F. The number of carbonyl (C=O) groups excluding carboxylic acids is 1. The Morgan fingerprint density at radius 3 is 2.63 bits per heavy atom. The molecule has 0 saturated carbocycles. The summed E-state index contributed by atoms with van der Waals surface area (Å²) in [5.41, 5.74) is -0.638. The molecule has 1 atom stereocenters. The van der Waals surface area contributed by atoms with E-state index in [1.54, 1.807) is 6.92 Å². The number of hydrogen-bond acceptors (Lipinski definition) is 2. The van der Waals surface area contributed by atoms with Crippen molar-refractivity contribution in [3.05, 3.63) is 35.4 Å². The molecule has 1 rings (SSSR count). The van der Waals surface area contributed by atoms with Gasteiger partial charge in [0.05, 0.1) is 11.7 Å². The molecule has 1 aromatic carbocycles. The fourth-order valence-corrected chi connectivity index (χ4v) is 1.96. The molecule has 0 aliphatic rings. The molecule has 19 heavy (non-hydrogen) atoms. The number of nitrogens with one attached hydrogen (secondary N) is 1. The van der Waals surface area contributed by atoms with E-state index < -0.39 is 23.6 Å². The van der Waals surface area contributed by atoms with Crippen LogP contribution in [0.1, 0.15) is 37.6 Å². The van der Waals surface area contributed by atoms with Crippen molar-refractivity contribution in [2.24, 2.45) is 5.41 Å². The largest absolute Gasteiger partial charge is 0.393 e. The monoisotopic (exact) mass is 271 g/mol. The summed E-state index contributed by atoms with van der Waals surface area (Å²) in [6.45, 7) is 5.69. The van der Waals surface area contributed by atoms with Crippen LogP contribution < -0.4 is 5.32 Å². The standard InChI is InChI=1S/C14H19F2NO2/c1-9(18)7-14(2,3)8-17-13(19)11-6-10(15)4-5-12(11)16/h4-6,9,18H,7-8H2,1-3H3,(H,17,19). The number of amides is 1. The van der Waals surface area contributed by atoms with Gasteiger partial charge in [0.25, 0.3) is 5.91 Å². The summed E-state index contributed by atoms with van der Waals surface area (Å²) in [5.74, 6) is -2.07. The van der Waals surface area contributed by atoms with Crippen molar-refractivity contribution in [2.45, 2.75) is 33.3 Å². The molecule has 2 N–H and O–H groups in total. The lowest BCUT2D eigenvalue weighted by molar-refractivity contribution is 0.0897. The minimum atomic E-state index is -0.757. The van der Waals surface area contributed by atoms with Gasteiger partial charge in [0.2, 0.25) is 0 Å². The Labute approximate surface area is 111 Å². The van der Waals surface area contributed by atoms with E-state index in [1.165, 1.54) is 0 Å². The van der Waals surface area contributed by atoms with Gasteiger partial charge in [-0.1, -0.05) is 13.8 Å². The zero-order chi connectivity index (χ0) is 14.6. The van der Waals surface area contributed by atoms with Gasteiger partial charge in [-0.05, 0) is 37.0 Å². The molecule has 1 unspecified atom stereocenters. The van der Waals surface area contributed by atoms with Gasteiger partial charge in [0.15, 0.2) is 0 Å². The van der Waals surface area contributed by atoms with Gasteiger partial charge >= 0.3 is 0 Å². The van der Waals surface area contributed by atoms with Crippen molar-refractivity contribution in [3.63, 3.8) is 0 Å². The number of aliphatic hydroxyl groups excluding tert-OH is 1. The topological polar surface area (TPSA) is 49.3 Å². The second-order valence-corrected chi connectivity index (χ2v) is 5.52. The van der Waals surface area contributed by atoms with Crippen LogP contribution in [0.5, 0.6) is 0 Å². The fraction of sp³-hybridized carbons (Fsp3) is 0.500. The molecule has 1 aromatic rings. The van der Waals surface area contributed by atoms with Gasteiger partial charge in [-0.3, -0.25) is 4.79 Å². The molecule has 3 nitrogen and oxygen atoms in total. The lowest BCUT2D eigenvalue weighted by Crippen LogP contribution is -2.36. The van der Waals surface area contributed by atoms with E-state index in [4.69, 9.17) is 0 Å². The van der Waals surface area contributed by atoms with Gasteiger partial charge in [-0.25, -0.2) is 8.78 Å². The van der Waals surface area contributed by atoms with E-state index in [1.807, 2.05) is 13.8 Å². The van der Waals surface area contributed by atoms with Gasteiger partial charge in [0, 0.05) is 6.54 Å². The van der Waals surface area contributed by atoms with Crippen molar-refractivity contribution < 1.29 is 18.7 Å². The van der Waals surface area contributed by atoms with Crippen LogP contribution >= 0.6 is 0 Å². The number of aliphatic hydroxyl groups is 1. The molecule has 0 saturated heterocycles. The summed E-state index contributed by atoms with van der Waals surface area (Å²) < 4.78 is 26.4. The van der Waals surface area contributed by atoms with Gasteiger partial charge in [-0.2, -0.15) is 0 Å². The average molecular weight is 271 g/mol. The molecule has 0 bridgehead atoms. The minimum Gasteiger partial charge on any atom is -0.393 e. The highest BCUT2D eigenvalue weighted by atomic mass is 19.1. The summed E-state index contributed by atoms with van der Waals surface area (Å²) in [7, 11) is 0. The average Bonchev–Trinajstić information content (AvgIpc) is 2.27. The Morgan fingerprint density at radius 2 is 2.05 bits per heavy atom. The Kier molecular flexibility index (Phi) is 5.00. The van der Waals surface area contributed by atoms with Crippen molar-refractivity contribution >= 4 is 5.91 Å². The number of rotatable bonds is 5. The summed E-state index contributed by atoms with van der Waals surface area (Å²) in [4.78, 5) is 11.8. The van der Waals surface area contributed by atoms with Crippen LogP contribution in [-0.4, -0.2) is 23.7 Å². The quantitative estimate of drug-likeness (QED) is 0.864. The molecule has 5 heteroatoms. The first-order chi connectivity index (χ1) is 8.71. The molecule has 0 spiro atoms. The molecule has 0 aliphatic carbocycles. The maximum absolute atomic E-state index is 13.4. The van der Waals surface area contributed by atoms with E-state index in [0.29, 0.717) is 6.42 Å². The second kappa shape index (κ2) is 6.10. The predicted molar refractivity (Wildman–Crippen MR) is 68.8 cm³/mol. The lowest BCUT2D eigenvalue weighted by atomic mass is 9.87. The van der Waals surface area contributed by atoms with E-state index in [9.17, 15) is 18.7 Å². The Morgan fingerprint density at radius 1 is 1.42 bits per heavy atom. The highest BCUT2D eigenvalue weighted by molar-refractivity contribution is 5.94. The van der Waals surface area contributed by atoms with Crippen molar-refractivity contribution in [1.29, 1.82) is 0 Å². The Hall–Kier alpha value is -1.49. The highest BCUT2D eigenvalue weighted by Gasteiger charge is 2.22. The molecule has 0 heterocycles. The first-order valence-corrected chi connectivity index (χ1v) is 6.12. The molecule has 0 aliphatic heterocycles. The highest BCUT2D eigenvalue weighted by Crippen LogP contribution is 2.21. The van der Waals surface area contributed by atoms with Gasteiger partial charge < -0.3 is 10.4 Å². The first-order valence-electron chi connectivity index (χ1n) is 6.12. The van der Waals surface area contributed by atoms with Crippen LogP contribution in [0.15, 0.2) is 18.2 Å². The number of halogens is 2. The number of carbonyl (C=O) groups is 1. The van der Waals surface area contributed by atoms with E-state index in [0.717, 1.165) is 18.2 Å². The zero-order valence-corrected chi connectivity index (χ0v) is 11.3. The number of benzene rings is 1. The molecule has 106 valence electrons. The second-order valence-electron chi connectivity index (χ2n) is 5.52. The fourth-order valence-electron chi connectivity index (χ4n) is 1.96. The van der Waals surface area contributed by atoms with Crippen LogP contribution in [0.2, 0.25) is 0 Å². The third kappa shape index (κ3) is 4.95. The zero-order valence-electron chi connectivity index (χ0n) is 11.3. The van der Waals surface area contributed by atoms with Crippen molar-refractivity contribution in [2.75, 3.05) is 6.54 Å². The smallest absolute Gasteiger partial charge is 0.254 e. The van der Waals surface area contributed by atoms with Crippen LogP contribution in [0.25, 0.3) is 0 Å².